The van der Waals surface area contributed by atoms with Gasteiger partial charge in [-0.3, -0.25) is 9.78 Å². The Bertz CT molecular complexity index is 703. The highest BCUT2D eigenvalue weighted by molar-refractivity contribution is 7.08. The van der Waals surface area contributed by atoms with Crippen LogP contribution in [0.15, 0.2) is 12.4 Å². The van der Waals surface area contributed by atoms with Crippen molar-refractivity contribution in [1.82, 2.24) is 24.5 Å². The lowest BCUT2D eigenvalue weighted by Gasteiger charge is -2.32. The molecule has 8 heteroatoms. The van der Waals surface area contributed by atoms with Crippen molar-refractivity contribution in [3.8, 4) is 0 Å². The zero-order valence-electron chi connectivity index (χ0n) is 14.0. The number of nitrogens with zero attached hydrogens (tertiary/aromatic N) is 5. The maximum Gasteiger partial charge on any atom is 0.267 e. The average molecular weight is 346 g/mol. The number of hydrogen-bond donors (Lipinski definition) is 1. The van der Waals surface area contributed by atoms with Crippen LogP contribution in [-0.2, 0) is 12.8 Å². The largest absolute Gasteiger partial charge is 0.372 e. The number of aromatic nitrogens is 4. The Morgan fingerprint density at radius 3 is 3.00 bits per heavy atom. The Morgan fingerprint density at radius 2 is 2.21 bits per heavy atom. The molecule has 1 aliphatic rings. The molecule has 0 radical (unpaired) electrons. The van der Waals surface area contributed by atoms with Crippen molar-refractivity contribution in [2.24, 2.45) is 5.92 Å². The molecule has 0 unspecified atom stereocenters. The van der Waals surface area contributed by atoms with Crippen molar-refractivity contribution in [2.45, 2.75) is 32.6 Å². The molecule has 0 aliphatic carbocycles. The monoisotopic (exact) mass is 346 g/mol. The molecule has 0 bridgehead atoms. The molecule has 1 aliphatic heterocycles. The number of amides is 1. The van der Waals surface area contributed by atoms with Crippen molar-refractivity contribution in [1.29, 1.82) is 0 Å². The molecule has 0 spiro atoms. The molecule has 1 amide bonds. The first kappa shape index (κ1) is 16.8. The summed E-state index contributed by atoms with van der Waals surface area (Å²) in [7, 11) is 1.85. The van der Waals surface area contributed by atoms with Gasteiger partial charge in [0, 0.05) is 32.5 Å². The summed E-state index contributed by atoms with van der Waals surface area (Å²) < 4.78 is 3.94. The van der Waals surface area contributed by atoms with E-state index >= 15 is 0 Å². The molecule has 7 nitrogen and oxygen atoms in total. The molecule has 1 atom stereocenters. The van der Waals surface area contributed by atoms with E-state index < -0.39 is 0 Å². The van der Waals surface area contributed by atoms with Crippen molar-refractivity contribution < 1.29 is 4.79 Å². The maximum absolute atomic E-state index is 12.8. The van der Waals surface area contributed by atoms with Gasteiger partial charge < -0.3 is 10.2 Å². The van der Waals surface area contributed by atoms with Gasteiger partial charge in [0.05, 0.1) is 11.4 Å². The van der Waals surface area contributed by atoms with Crippen molar-refractivity contribution >= 4 is 23.3 Å². The van der Waals surface area contributed by atoms with Crippen LogP contribution in [0.5, 0.6) is 0 Å². The van der Waals surface area contributed by atoms with Crippen LogP contribution in [0.1, 0.15) is 40.8 Å². The van der Waals surface area contributed by atoms with Crippen LogP contribution in [-0.4, -0.2) is 50.5 Å². The zero-order chi connectivity index (χ0) is 16.9. The minimum atomic E-state index is 0.0690. The first-order valence-corrected chi connectivity index (χ1v) is 9.08. The highest BCUT2D eigenvalue weighted by atomic mass is 32.1. The molecule has 24 heavy (non-hydrogen) atoms. The van der Waals surface area contributed by atoms with Crippen LogP contribution < -0.4 is 5.32 Å². The molecule has 3 rings (SSSR count). The molecule has 128 valence electrons. The van der Waals surface area contributed by atoms with Crippen LogP contribution >= 0.6 is 11.5 Å². The fourth-order valence-corrected chi connectivity index (χ4v) is 3.88. The lowest BCUT2D eigenvalue weighted by Crippen LogP contribution is -2.40. The number of hydrogen-bond acceptors (Lipinski definition) is 7. The number of carbonyl (C=O) groups excluding carboxylic acids is 1. The smallest absolute Gasteiger partial charge is 0.267 e. The maximum atomic E-state index is 12.8. The first-order valence-electron chi connectivity index (χ1n) is 8.31. The van der Waals surface area contributed by atoms with E-state index in [0.717, 1.165) is 56.0 Å². The third kappa shape index (κ3) is 3.53. The van der Waals surface area contributed by atoms with E-state index in [1.807, 2.05) is 18.9 Å². The van der Waals surface area contributed by atoms with Crippen molar-refractivity contribution in [3.05, 3.63) is 28.7 Å². The van der Waals surface area contributed by atoms with Gasteiger partial charge in [-0.05, 0) is 43.1 Å². The minimum Gasteiger partial charge on any atom is -0.372 e. The van der Waals surface area contributed by atoms with Gasteiger partial charge in [-0.1, -0.05) is 11.4 Å². The molecular weight excluding hydrogens is 324 g/mol. The van der Waals surface area contributed by atoms with E-state index in [9.17, 15) is 4.79 Å². The van der Waals surface area contributed by atoms with Gasteiger partial charge in [0.2, 0.25) is 0 Å². The Labute approximate surface area is 145 Å². The molecule has 1 saturated heterocycles. The van der Waals surface area contributed by atoms with E-state index in [4.69, 9.17) is 0 Å². The molecule has 1 N–H and O–H groups in total. The SMILES string of the molecule is CCc1nnsc1C(=O)N1CCC[C@H](Cc2nccnc2NC)C1. The highest BCUT2D eigenvalue weighted by Gasteiger charge is 2.28. The average Bonchev–Trinajstić information content (AvgIpc) is 3.10. The van der Waals surface area contributed by atoms with Crippen LogP contribution in [0, 0.1) is 5.92 Å². The highest BCUT2D eigenvalue weighted by Crippen LogP contribution is 2.25. The van der Waals surface area contributed by atoms with Gasteiger partial charge in [0.25, 0.3) is 5.91 Å². The standard InChI is InChI=1S/C16H22N6OS/c1-3-12-14(24-21-20-12)16(23)22-8-4-5-11(10-22)9-13-15(17-2)19-7-6-18-13/h6-7,11H,3-5,8-10H2,1-2H3,(H,17,19)/t11-/m1/s1. The molecular formula is C16H22N6OS. The van der Waals surface area contributed by atoms with Crippen LogP contribution in [0.2, 0.25) is 0 Å². The summed E-state index contributed by atoms with van der Waals surface area (Å²) in [6.07, 6.45) is 7.09. The topological polar surface area (TPSA) is 83.9 Å². The fraction of sp³-hybridized carbons (Fsp3) is 0.562. The second kappa shape index (κ2) is 7.65. The molecule has 0 saturated carbocycles. The Morgan fingerprint density at radius 1 is 1.38 bits per heavy atom. The lowest BCUT2D eigenvalue weighted by molar-refractivity contribution is 0.0676. The van der Waals surface area contributed by atoms with Crippen molar-refractivity contribution in [2.75, 3.05) is 25.5 Å². The quantitative estimate of drug-likeness (QED) is 0.892. The predicted molar refractivity (Wildman–Crippen MR) is 93.2 cm³/mol. The van der Waals surface area contributed by atoms with Crippen LogP contribution in [0.4, 0.5) is 5.82 Å². The number of nitrogens with one attached hydrogen (secondary N) is 1. The van der Waals surface area contributed by atoms with E-state index in [-0.39, 0.29) is 5.91 Å². The van der Waals surface area contributed by atoms with Crippen LogP contribution in [0.25, 0.3) is 0 Å². The van der Waals surface area contributed by atoms with E-state index in [2.05, 4.69) is 24.9 Å². The summed E-state index contributed by atoms with van der Waals surface area (Å²) in [6, 6.07) is 0. The third-order valence-electron chi connectivity index (χ3n) is 4.38. The van der Waals surface area contributed by atoms with Gasteiger partial charge in [-0.15, -0.1) is 5.10 Å². The summed E-state index contributed by atoms with van der Waals surface area (Å²) in [6.45, 7) is 3.55. The summed E-state index contributed by atoms with van der Waals surface area (Å²) in [4.78, 5) is 24.2. The van der Waals surface area contributed by atoms with Gasteiger partial charge in [-0.25, -0.2) is 4.98 Å². The third-order valence-corrected chi connectivity index (χ3v) is 5.14. The Hall–Kier alpha value is -2.09. The predicted octanol–water partition coefficient (Wildman–Crippen LogP) is 2.03. The van der Waals surface area contributed by atoms with Gasteiger partial charge in [0.1, 0.15) is 10.7 Å². The van der Waals surface area contributed by atoms with Gasteiger partial charge >= 0.3 is 0 Å². The summed E-state index contributed by atoms with van der Waals surface area (Å²) in [5.74, 6) is 1.29. The number of aryl methyl sites for hydroxylation is 1. The summed E-state index contributed by atoms with van der Waals surface area (Å²) >= 11 is 1.20. The normalized spacial score (nSPS) is 17.8. The van der Waals surface area contributed by atoms with Gasteiger partial charge in [-0.2, -0.15) is 0 Å². The summed E-state index contributed by atoms with van der Waals surface area (Å²) in [5, 5.41) is 7.14. The second-order valence-electron chi connectivity index (χ2n) is 5.97. The second-order valence-corrected chi connectivity index (χ2v) is 6.72. The minimum absolute atomic E-state index is 0.0690. The Kier molecular flexibility index (Phi) is 5.34. The van der Waals surface area contributed by atoms with Gasteiger partial charge in [0.15, 0.2) is 0 Å². The zero-order valence-corrected chi connectivity index (χ0v) is 14.8. The molecule has 0 aromatic carbocycles. The molecule has 3 heterocycles. The molecule has 2 aromatic heterocycles. The van der Waals surface area contributed by atoms with E-state index in [1.54, 1.807) is 12.4 Å². The fourth-order valence-electron chi connectivity index (χ4n) is 3.16. The lowest BCUT2D eigenvalue weighted by atomic mass is 9.93. The molecule has 1 fully saturated rings. The number of rotatable bonds is 5. The first-order chi connectivity index (χ1) is 11.7. The number of piperidine rings is 1. The van der Waals surface area contributed by atoms with E-state index in [1.165, 1.54) is 11.5 Å². The number of likely N-dealkylation sites (tertiary alicyclic amines) is 1. The van der Waals surface area contributed by atoms with Crippen molar-refractivity contribution in [3.63, 3.8) is 0 Å². The summed E-state index contributed by atoms with van der Waals surface area (Å²) in [5.41, 5.74) is 1.77. The number of carbonyl (C=O) groups is 1. The van der Waals surface area contributed by atoms with E-state index in [0.29, 0.717) is 10.8 Å². The Balaban J connectivity index is 1.69. The van der Waals surface area contributed by atoms with Crippen LogP contribution in [0.3, 0.4) is 0 Å². The molecule has 2 aromatic rings. The number of anilines is 1.